The molecule has 4 aromatic rings. The van der Waals surface area contributed by atoms with Gasteiger partial charge in [0.1, 0.15) is 17.5 Å². The molecule has 0 aliphatic carbocycles. The van der Waals surface area contributed by atoms with Crippen LogP contribution in [0.2, 0.25) is 0 Å². The summed E-state index contributed by atoms with van der Waals surface area (Å²) in [6.45, 7) is 0. The first-order valence-electron chi connectivity index (χ1n) is 9.27. The highest BCUT2D eigenvalue weighted by Crippen LogP contribution is 2.47. The number of hydrogen-bond donors (Lipinski definition) is 0. The molecule has 0 aromatic heterocycles. The van der Waals surface area contributed by atoms with Crippen LogP contribution in [0.25, 0.3) is 0 Å². The van der Waals surface area contributed by atoms with E-state index in [1.54, 1.807) is 60.7 Å². The van der Waals surface area contributed by atoms with Gasteiger partial charge in [0.25, 0.3) is 0 Å². The van der Waals surface area contributed by atoms with Crippen molar-refractivity contribution in [2.45, 2.75) is 9.64 Å². The normalized spacial score (nSPS) is 12.5. The minimum Gasteiger partial charge on any atom is -0.610 e. The molecule has 0 heterocycles. The molecule has 5 heteroatoms. The number of hydrogen-bond acceptors (Lipinski definition) is 1. The van der Waals surface area contributed by atoms with Crippen molar-refractivity contribution in [3.8, 4) is 0 Å². The maximum atomic E-state index is 14.2. The van der Waals surface area contributed by atoms with Crippen LogP contribution in [0.1, 0.15) is 16.7 Å². The molecule has 0 aliphatic rings. The molecule has 4 rings (SSSR count). The van der Waals surface area contributed by atoms with Gasteiger partial charge in [-0.1, -0.05) is 54.6 Å². The fourth-order valence-electron chi connectivity index (χ4n) is 3.60. The first-order valence-corrected chi connectivity index (χ1v) is 10.4. The Morgan fingerprint density at radius 3 is 1.17 bits per heavy atom. The molecule has 0 amide bonds. The number of halogens is 3. The average Bonchev–Trinajstić information content (AvgIpc) is 2.78. The van der Waals surface area contributed by atoms with E-state index in [0.29, 0.717) is 21.6 Å². The number of rotatable bonds is 5. The van der Waals surface area contributed by atoms with Crippen LogP contribution in [0.3, 0.4) is 0 Å². The van der Waals surface area contributed by atoms with Crippen molar-refractivity contribution in [1.82, 2.24) is 0 Å². The highest BCUT2D eigenvalue weighted by molar-refractivity contribution is 7.92. The third kappa shape index (κ3) is 3.62. The maximum Gasteiger partial charge on any atom is 0.206 e. The van der Waals surface area contributed by atoms with Gasteiger partial charge in [-0.2, -0.15) is 0 Å². The summed E-state index contributed by atoms with van der Waals surface area (Å²) in [5, 5.41) is 0. The predicted octanol–water partition coefficient (Wildman–Crippen LogP) is 6.20. The second kappa shape index (κ2) is 8.38. The third-order valence-electron chi connectivity index (χ3n) is 4.99. The Hall–Kier alpha value is -3.02. The molecular weight excluding hydrogens is 405 g/mol. The maximum absolute atomic E-state index is 14.2. The van der Waals surface area contributed by atoms with E-state index >= 15 is 0 Å². The van der Waals surface area contributed by atoms with Crippen molar-refractivity contribution in [3.05, 3.63) is 137 Å². The van der Waals surface area contributed by atoms with E-state index in [0.717, 1.165) is 0 Å². The Labute approximate surface area is 176 Å². The zero-order valence-electron chi connectivity index (χ0n) is 15.8. The molecule has 0 radical (unpaired) electrons. The summed E-state index contributed by atoms with van der Waals surface area (Å²) in [5.74, 6) is -1.30. The zero-order valence-corrected chi connectivity index (χ0v) is 16.6. The summed E-state index contributed by atoms with van der Waals surface area (Å²) in [5.41, 5.74) is 1.64. The largest absolute Gasteiger partial charge is 0.610 e. The fourth-order valence-corrected chi connectivity index (χ4v) is 5.40. The summed E-state index contributed by atoms with van der Waals surface area (Å²) >= 11 is -1.72. The van der Waals surface area contributed by atoms with E-state index in [9.17, 15) is 17.7 Å². The summed E-state index contributed by atoms with van der Waals surface area (Å²) in [6.07, 6.45) is 0. The van der Waals surface area contributed by atoms with Gasteiger partial charge in [-0.15, -0.1) is 0 Å². The lowest BCUT2D eigenvalue weighted by Gasteiger charge is -2.36. The standard InChI is InChI=1S/C25H17F3OS/c26-21-12-6-18(7-13-21)25(19-8-14-22(27)15-9-19,20-10-16-23(28)17-11-20)30(29)24-4-2-1-3-5-24/h1-17H. The van der Waals surface area contributed by atoms with Gasteiger partial charge in [0.15, 0.2) is 4.90 Å². The van der Waals surface area contributed by atoms with Gasteiger partial charge in [-0.05, 0) is 48.5 Å². The molecule has 0 N–H and O–H groups in total. The molecule has 0 saturated carbocycles. The van der Waals surface area contributed by atoms with Gasteiger partial charge in [0.05, 0.1) is 0 Å². The second-order valence-corrected chi connectivity index (χ2v) is 8.40. The molecule has 1 nitrogen and oxygen atoms in total. The minimum absolute atomic E-state index is 0.434. The van der Waals surface area contributed by atoms with Gasteiger partial charge in [-0.25, -0.2) is 13.2 Å². The smallest absolute Gasteiger partial charge is 0.206 e. The van der Waals surface area contributed by atoms with Crippen LogP contribution >= 0.6 is 0 Å². The lowest BCUT2D eigenvalue weighted by atomic mass is 9.84. The van der Waals surface area contributed by atoms with E-state index in [-0.39, 0.29) is 0 Å². The molecule has 30 heavy (non-hydrogen) atoms. The van der Waals surface area contributed by atoms with Crippen LogP contribution in [0, 0.1) is 17.5 Å². The summed E-state index contributed by atoms with van der Waals surface area (Å²) < 4.78 is 54.0. The molecule has 1 unspecified atom stereocenters. The van der Waals surface area contributed by atoms with Gasteiger partial charge in [0.2, 0.25) is 4.75 Å². The van der Waals surface area contributed by atoms with Crippen molar-refractivity contribution in [3.63, 3.8) is 0 Å². The summed E-state index contributed by atoms with van der Waals surface area (Å²) in [4.78, 5) is 0.537. The molecule has 4 aromatic carbocycles. The average molecular weight is 422 g/mol. The first kappa shape index (κ1) is 20.3. The quantitative estimate of drug-likeness (QED) is 0.277. The Morgan fingerprint density at radius 2 is 0.833 bits per heavy atom. The van der Waals surface area contributed by atoms with E-state index in [1.807, 2.05) is 6.07 Å². The Morgan fingerprint density at radius 1 is 0.500 bits per heavy atom. The highest BCUT2D eigenvalue weighted by atomic mass is 32.2. The topological polar surface area (TPSA) is 23.1 Å². The van der Waals surface area contributed by atoms with Crippen molar-refractivity contribution >= 4 is 11.2 Å². The van der Waals surface area contributed by atoms with Crippen LogP contribution in [0.15, 0.2) is 108 Å². The van der Waals surface area contributed by atoms with Gasteiger partial charge < -0.3 is 4.55 Å². The van der Waals surface area contributed by atoms with Crippen LogP contribution in [-0.2, 0) is 15.9 Å². The molecule has 0 saturated heterocycles. The predicted molar refractivity (Wildman–Crippen MR) is 112 cm³/mol. The molecule has 0 bridgehead atoms. The first-order chi connectivity index (χ1) is 14.5. The second-order valence-electron chi connectivity index (χ2n) is 6.78. The summed E-state index contributed by atoms with van der Waals surface area (Å²) in [6, 6.07) is 25.9. The van der Waals surface area contributed by atoms with E-state index in [4.69, 9.17) is 0 Å². The van der Waals surface area contributed by atoms with E-state index < -0.39 is 33.4 Å². The highest BCUT2D eigenvalue weighted by Gasteiger charge is 2.49. The third-order valence-corrected chi connectivity index (χ3v) is 6.95. The fraction of sp³-hybridized carbons (Fsp3) is 0.0400. The van der Waals surface area contributed by atoms with Crippen LogP contribution in [-0.4, -0.2) is 4.55 Å². The van der Waals surface area contributed by atoms with Gasteiger partial charge in [-0.3, -0.25) is 0 Å². The summed E-state index contributed by atoms with van der Waals surface area (Å²) in [7, 11) is 0. The Balaban J connectivity index is 2.07. The SMILES string of the molecule is [O-][S+](c1ccccc1)C(c1ccc(F)cc1)(c1ccc(F)cc1)c1ccc(F)cc1. The molecule has 150 valence electrons. The molecule has 1 atom stereocenters. The lowest BCUT2D eigenvalue weighted by Crippen LogP contribution is -2.38. The van der Waals surface area contributed by atoms with Crippen LogP contribution < -0.4 is 0 Å². The van der Waals surface area contributed by atoms with Crippen LogP contribution in [0.4, 0.5) is 13.2 Å². The van der Waals surface area contributed by atoms with E-state index in [1.165, 1.54) is 36.4 Å². The Bertz CT molecular complexity index is 1000. The molecule has 0 aliphatic heterocycles. The van der Waals surface area contributed by atoms with Gasteiger partial charge >= 0.3 is 0 Å². The zero-order chi connectivity index (χ0) is 21.1. The van der Waals surface area contributed by atoms with E-state index in [2.05, 4.69) is 0 Å². The monoisotopic (exact) mass is 422 g/mol. The molecular formula is C25H17F3OS. The van der Waals surface area contributed by atoms with Crippen molar-refractivity contribution in [1.29, 1.82) is 0 Å². The van der Waals surface area contributed by atoms with Crippen molar-refractivity contribution < 1.29 is 17.7 Å². The van der Waals surface area contributed by atoms with Crippen molar-refractivity contribution in [2.75, 3.05) is 0 Å². The van der Waals surface area contributed by atoms with Crippen molar-refractivity contribution in [2.24, 2.45) is 0 Å². The molecule has 0 fully saturated rings. The minimum atomic E-state index is -1.72. The number of benzene rings is 4. The van der Waals surface area contributed by atoms with Gasteiger partial charge in [0, 0.05) is 27.9 Å². The van der Waals surface area contributed by atoms with Crippen LogP contribution in [0.5, 0.6) is 0 Å². The molecule has 0 spiro atoms. The lowest BCUT2D eigenvalue weighted by molar-refractivity contribution is 0.568. The Kier molecular flexibility index (Phi) is 5.66.